The number of carbonyl (C=O) groups excluding carboxylic acids is 2. The Balaban J connectivity index is 1.51. The molecule has 244 valence electrons. The second-order valence-corrected chi connectivity index (χ2v) is 12.5. The number of thiazole rings is 1. The largest absolute Gasteiger partial charge is 0.478 e. The Kier molecular flexibility index (Phi) is 11.2. The zero-order valence-corrected chi connectivity index (χ0v) is 26.6. The number of amides is 2. The van der Waals surface area contributed by atoms with Crippen LogP contribution < -0.4 is 27.8 Å². The van der Waals surface area contributed by atoms with Crippen LogP contribution in [0, 0.1) is 0 Å². The topological polar surface area (TPSA) is 252 Å². The molecule has 16 nitrogen and oxygen atoms in total. The van der Waals surface area contributed by atoms with Crippen molar-refractivity contribution >= 4 is 75.5 Å². The summed E-state index contributed by atoms with van der Waals surface area (Å²) in [5.41, 5.74) is 18.1. The molecule has 0 spiro atoms. The lowest BCUT2D eigenvalue weighted by atomic mass is 10.0. The Labute approximate surface area is 275 Å². The number of nitrogens with one attached hydrogen (secondary N) is 2. The minimum Gasteiger partial charge on any atom is -0.478 e. The van der Waals surface area contributed by atoms with Crippen molar-refractivity contribution in [3.05, 3.63) is 69.3 Å². The highest BCUT2D eigenvalue weighted by Gasteiger charge is 2.54. The van der Waals surface area contributed by atoms with Crippen molar-refractivity contribution < 1.29 is 38.8 Å². The summed E-state index contributed by atoms with van der Waals surface area (Å²) in [7, 11) is 0. The summed E-state index contributed by atoms with van der Waals surface area (Å²) in [5, 5.41) is 27.8. The minimum absolute atomic E-state index is 0.0121. The predicted molar refractivity (Wildman–Crippen MR) is 173 cm³/mol. The van der Waals surface area contributed by atoms with Crippen molar-refractivity contribution in [1.82, 2.24) is 20.5 Å². The fraction of sp³-hybridized carbons (Fsp3) is 0.296. The Morgan fingerprint density at radius 1 is 1.33 bits per heavy atom. The van der Waals surface area contributed by atoms with E-state index in [9.17, 15) is 24.3 Å². The molecule has 0 aromatic carbocycles. The molecular formula is C27H31ClN9O7S2+. The van der Waals surface area contributed by atoms with Crippen molar-refractivity contribution in [2.24, 2.45) is 16.6 Å². The van der Waals surface area contributed by atoms with Crippen LogP contribution in [0.3, 0.4) is 0 Å². The van der Waals surface area contributed by atoms with E-state index in [4.69, 9.17) is 38.7 Å². The van der Waals surface area contributed by atoms with Crippen LogP contribution in [0.5, 0.6) is 0 Å². The summed E-state index contributed by atoms with van der Waals surface area (Å²) < 4.78 is 1.83. The van der Waals surface area contributed by atoms with Crippen LogP contribution in [0.25, 0.3) is 0 Å². The van der Waals surface area contributed by atoms with Crippen LogP contribution in [0.1, 0.15) is 12.6 Å². The molecule has 3 aliphatic heterocycles. The van der Waals surface area contributed by atoms with Gasteiger partial charge in [-0.3, -0.25) is 14.5 Å². The smallest absolute Gasteiger partial charge is 0.352 e. The summed E-state index contributed by atoms with van der Waals surface area (Å²) in [4.78, 5) is 60.0. The Hall–Kier alpha value is -4.65. The quantitative estimate of drug-likeness (QED) is 0.0610. The van der Waals surface area contributed by atoms with Gasteiger partial charge in [0, 0.05) is 24.9 Å². The number of hydrogen-bond donors (Lipinski definition) is 7. The summed E-state index contributed by atoms with van der Waals surface area (Å²) in [5.74, 6) is -4.03. The number of rotatable bonds is 13. The molecule has 4 heterocycles. The number of oxime groups is 1. The molecular weight excluding hydrogens is 662 g/mol. The van der Waals surface area contributed by atoms with Crippen LogP contribution >= 0.6 is 34.7 Å². The summed E-state index contributed by atoms with van der Waals surface area (Å²) in [6.07, 6.45) is 11.0. The third-order valence-electron chi connectivity index (χ3n) is 6.54. The maximum absolute atomic E-state index is 13.3. The number of fused-ring (bicyclic) bond motifs is 1. The van der Waals surface area contributed by atoms with Gasteiger partial charge >= 0.3 is 11.9 Å². The van der Waals surface area contributed by atoms with Crippen LogP contribution in [0.4, 0.5) is 5.13 Å². The van der Waals surface area contributed by atoms with Gasteiger partial charge in [0.05, 0.1) is 5.70 Å². The third-order valence-corrected chi connectivity index (χ3v) is 8.93. The van der Waals surface area contributed by atoms with Crippen molar-refractivity contribution in [3.8, 4) is 0 Å². The fourth-order valence-electron chi connectivity index (χ4n) is 4.29. The van der Waals surface area contributed by atoms with Gasteiger partial charge in [-0.1, -0.05) is 40.2 Å². The number of carboxylic acid groups (broad SMARTS) is 2. The van der Waals surface area contributed by atoms with Crippen LogP contribution in [-0.4, -0.2) is 103 Å². The molecule has 10 N–H and O–H groups in total. The summed E-state index contributed by atoms with van der Waals surface area (Å²) >= 11 is 8.26. The number of β-lactam (4-membered cyclic amide) rings is 1. The molecule has 1 saturated heterocycles. The first-order valence-electron chi connectivity index (χ1n) is 13.6. The SMILES string of the molecule is C[C@H](O/N=C(\C(=O)N[C@@H]1C(=O)N2C(C(=O)O)=C(/C=C/C[N+]3=C/C(NCCN)=C(N)\C=C\C=C3)CSC12)c1nc(N)sc1Cl)C(=O)O. The van der Waals surface area contributed by atoms with E-state index in [2.05, 4.69) is 20.8 Å². The zero-order chi connectivity index (χ0) is 33.5. The molecule has 19 heteroatoms. The first-order chi connectivity index (χ1) is 21.9. The number of aliphatic carboxylic acids is 2. The number of allylic oxidation sites excluding steroid dienone is 5. The highest BCUT2D eigenvalue weighted by atomic mass is 35.5. The minimum atomic E-state index is -1.42. The molecule has 0 radical (unpaired) electrons. The average Bonchev–Trinajstić information content (AvgIpc) is 3.34. The number of halogens is 1. The fourth-order valence-corrected chi connectivity index (χ4v) is 6.54. The number of thioether (sulfide) groups is 1. The number of nitrogens with two attached hydrogens (primary N) is 3. The van der Waals surface area contributed by atoms with Crippen molar-refractivity contribution in [2.45, 2.75) is 24.4 Å². The van der Waals surface area contributed by atoms with Gasteiger partial charge in [0.2, 0.25) is 6.10 Å². The molecule has 3 aliphatic rings. The number of hydrogen-bond acceptors (Lipinski definition) is 13. The van der Waals surface area contributed by atoms with Crippen LogP contribution in [-0.2, 0) is 24.0 Å². The first kappa shape index (κ1) is 34.2. The highest BCUT2D eigenvalue weighted by Crippen LogP contribution is 2.40. The lowest BCUT2D eigenvalue weighted by molar-refractivity contribution is -0.439. The molecule has 1 fully saturated rings. The van der Waals surface area contributed by atoms with Gasteiger partial charge in [-0.25, -0.2) is 14.6 Å². The Morgan fingerprint density at radius 2 is 2.09 bits per heavy atom. The van der Waals surface area contributed by atoms with Gasteiger partial charge in [0.25, 0.3) is 11.8 Å². The lowest BCUT2D eigenvalue weighted by Crippen LogP contribution is -2.71. The normalized spacial score (nSPS) is 22.8. The van der Waals surface area contributed by atoms with Crippen LogP contribution in [0.2, 0.25) is 4.34 Å². The predicted octanol–water partition coefficient (Wildman–Crippen LogP) is -0.247. The number of nitrogens with zero attached hydrogens (tertiary/aromatic N) is 4. The standard InChI is InChI=1S/C27H30ClN9O7S2/c1-13(25(40)41)44-35-18(17-21(28)46-27(31)34-17)22(38)33-19-23(39)37-20(26(42)43)14(12-45-24(19)37)5-4-10-36-9-3-2-6-15(30)16(11-36)32-8-7-29/h2-6,9,11,13,19,24,30,32H,7-8,10,12,29H2,1H3,(H5,31,33,34,38,40,41,42,43)/p+1/b5-4+,6-2+,9-3?,16-11?,35-18-/t13-,19+,24?/m0/s1. The number of nitrogen functional groups attached to an aromatic ring is 1. The molecule has 0 bridgehead atoms. The molecule has 3 atom stereocenters. The Bertz CT molecular complexity index is 1650. The number of carboxylic acids is 2. The van der Waals surface area contributed by atoms with E-state index in [1.807, 2.05) is 10.8 Å². The second-order valence-electron chi connectivity index (χ2n) is 9.75. The van der Waals surface area contributed by atoms with Gasteiger partial charge in [-0.2, -0.15) is 4.58 Å². The summed E-state index contributed by atoms with van der Waals surface area (Å²) in [6, 6.07) is -1.13. The third kappa shape index (κ3) is 7.76. The molecule has 4 rings (SSSR count). The highest BCUT2D eigenvalue weighted by molar-refractivity contribution is 8.00. The van der Waals surface area contributed by atoms with Gasteiger partial charge in [-0.05, 0) is 24.6 Å². The molecule has 0 saturated carbocycles. The molecule has 2 amide bonds. The lowest BCUT2D eigenvalue weighted by Gasteiger charge is -2.49. The maximum Gasteiger partial charge on any atom is 0.352 e. The molecule has 1 unspecified atom stereocenters. The number of aromatic nitrogens is 1. The number of carbonyl (C=O) groups is 4. The average molecular weight is 693 g/mol. The van der Waals surface area contributed by atoms with E-state index < -0.39 is 47.0 Å². The first-order valence-corrected chi connectivity index (χ1v) is 15.8. The molecule has 0 aliphatic carbocycles. The number of anilines is 1. The monoisotopic (exact) mass is 692 g/mol. The van der Waals surface area contributed by atoms with E-state index >= 15 is 0 Å². The van der Waals surface area contributed by atoms with Crippen molar-refractivity contribution in [1.29, 1.82) is 0 Å². The molecule has 46 heavy (non-hydrogen) atoms. The summed E-state index contributed by atoms with van der Waals surface area (Å²) in [6.45, 7) is 2.49. The van der Waals surface area contributed by atoms with Gasteiger partial charge in [-0.15, -0.1) is 11.8 Å². The van der Waals surface area contributed by atoms with Gasteiger partial charge in [0.15, 0.2) is 29.8 Å². The molecule has 1 aromatic rings. The van der Waals surface area contributed by atoms with E-state index in [-0.39, 0.29) is 26.6 Å². The van der Waals surface area contributed by atoms with Gasteiger partial charge in [0.1, 0.15) is 32.8 Å². The van der Waals surface area contributed by atoms with Crippen molar-refractivity contribution in [3.63, 3.8) is 0 Å². The molecule has 1 aromatic heterocycles. The Morgan fingerprint density at radius 3 is 2.74 bits per heavy atom. The van der Waals surface area contributed by atoms with Crippen LogP contribution in [0.15, 0.2) is 64.4 Å². The van der Waals surface area contributed by atoms with E-state index in [1.54, 1.807) is 36.6 Å². The van der Waals surface area contributed by atoms with E-state index in [0.717, 1.165) is 16.2 Å². The second kappa shape index (κ2) is 15.1. The zero-order valence-electron chi connectivity index (χ0n) is 24.3. The van der Waals surface area contributed by atoms with Crippen molar-refractivity contribution in [2.75, 3.05) is 31.1 Å². The van der Waals surface area contributed by atoms with E-state index in [0.29, 0.717) is 36.6 Å². The van der Waals surface area contributed by atoms with Gasteiger partial charge < -0.3 is 42.9 Å². The maximum atomic E-state index is 13.3. The van der Waals surface area contributed by atoms with E-state index in [1.165, 1.54) is 18.7 Å².